The molecule has 1 aromatic carbocycles. The lowest BCUT2D eigenvalue weighted by Gasteiger charge is -2.12. The summed E-state index contributed by atoms with van der Waals surface area (Å²) in [6.07, 6.45) is -1.04. The van der Waals surface area contributed by atoms with Crippen LogP contribution in [0.4, 0.5) is 4.39 Å². The molecular formula is C9H11ClFN. The Bertz CT molecular complexity index is 245. The monoisotopic (exact) mass is 187 g/mol. The maximum absolute atomic E-state index is 12.7. The fourth-order valence-corrected chi connectivity index (χ4v) is 1.08. The van der Waals surface area contributed by atoms with Crippen molar-refractivity contribution in [3.63, 3.8) is 0 Å². The number of halogens is 2. The van der Waals surface area contributed by atoms with Crippen molar-refractivity contribution in [2.24, 2.45) is 5.73 Å². The van der Waals surface area contributed by atoms with E-state index >= 15 is 0 Å². The summed E-state index contributed by atoms with van der Waals surface area (Å²) in [6, 6.07) is 6.34. The number of nitrogens with two attached hydrogens (primary N) is 1. The van der Waals surface area contributed by atoms with Crippen LogP contribution in [0.1, 0.15) is 18.5 Å². The molecule has 0 amide bonds. The summed E-state index contributed by atoms with van der Waals surface area (Å²) in [5.41, 5.74) is 6.34. The zero-order valence-electron chi connectivity index (χ0n) is 6.80. The van der Waals surface area contributed by atoms with Crippen LogP contribution in [0, 0.1) is 0 Å². The van der Waals surface area contributed by atoms with Crippen molar-refractivity contribution in [3.05, 3.63) is 34.9 Å². The van der Waals surface area contributed by atoms with Gasteiger partial charge in [-0.15, -0.1) is 0 Å². The first kappa shape index (κ1) is 9.49. The van der Waals surface area contributed by atoms with Gasteiger partial charge in [0.2, 0.25) is 0 Å². The summed E-state index contributed by atoms with van der Waals surface area (Å²) >= 11 is 5.66. The van der Waals surface area contributed by atoms with Crippen LogP contribution in [-0.2, 0) is 0 Å². The summed E-state index contributed by atoms with van der Waals surface area (Å²) in [5, 5.41) is 0.637. The quantitative estimate of drug-likeness (QED) is 0.757. The SMILES string of the molecule is CC(F)C(N)c1ccc(Cl)cc1. The van der Waals surface area contributed by atoms with Crippen molar-refractivity contribution in [3.8, 4) is 0 Å². The zero-order valence-corrected chi connectivity index (χ0v) is 7.55. The molecule has 0 bridgehead atoms. The first-order valence-corrected chi connectivity index (χ1v) is 4.14. The maximum atomic E-state index is 12.7. The topological polar surface area (TPSA) is 26.0 Å². The van der Waals surface area contributed by atoms with Gasteiger partial charge in [0.15, 0.2) is 0 Å². The molecule has 0 saturated carbocycles. The van der Waals surface area contributed by atoms with Crippen molar-refractivity contribution < 1.29 is 4.39 Å². The van der Waals surface area contributed by atoms with Gasteiger partial charge >= 0.3 is 0 Å². The second-order valence-electron chi connectivity index (χ2n) is 2.75. The Hall–Kier alpha value is -0.600. The third kappa shape index (κ3) is 2.19. The van der Waals surface area contributed by atoms with Crippen molar-refractivity contribution in [1.82, 2.24) is 0 Å². The van der Waals surface area contributed by atoms with Crippen LogP contribution in [0.25, 0.3) is 0 Å². The van der Waals surface area contributed by atoms with E-state index in [2.05, 4.69) is 0 Å². The van der Waals surface area contributed by atoms with Gasteiger partial charge in [-0.25, -0.2) is 4.39 Å². The van der Waals surface area contributed by atoms with Crippen LogP contribution in [0.3, 0.4) is 0 Å². The van der Waals surface area contributed by atoms with E-state index < -0.39 is 12.2 Å². The van der Waals surface area contributed by atoms with Crippen LogP contribution in [0.5, 0.6) is 0 Å². The molecular weight excluding hydrogens is 177 g/mol. The van der Waals surface area contributed by atoms with Crippen molar-refractivity contribution in [1.29, 1.82) is 0 Å². The number of alkyl halides is 1. The van der Waals surface area contributed by atoms with E-state index in [1.807, 2.05) is 0 Å². The van der Waals surface area contributed by atoms with Crippen molar-refractivity contribution in [2.75, 3.05) is 0 Å². The number of hydrogen-bond donors (Lipinski definition) is 1. The van der Waals surface area contributed by atoms with Crippen molar-refractivity contribution in [2.45, 2.75) is 19.1 Å². The molecule has 0 aromatic heterocycles. The van der Waals surface area contributed by atoms with Gasteiger partial charge in [-0.3, -0.25) is 0 Å². The highest BCUT2D eigenvalue weighted by atomic mass is 35.5. The van der Waals surface area contributed by atoms with Crippen LogP contribution in [-0.4, -0.2) is 6.17 Å². The highest BCUT2D eigenvalue weighted by molar-refractivity contribution is 6.30. The van der Waals surface area contributed by atoms with Gasteiger partial charge in [0.1, 0.15) is 6.17 Å². The molecule has 66 valence electrons. The van der Waals surface area contributed by atoms with E-state index in [4.69, 9.17) is 17.3 Å². The summed E-state index contributed by atoms with van der Waals surface area (Å²) in [6.45, 7) is 1.44. The molecule has 0 fully saturated rings. The molecule has 2 unspecified atom stereocenters. The molecule has 1 aromatic rings. The Kier molecular flexibility index (Phi) is 3.06. The molecule has 0 aliphatic heterocycles. The Morgan fingerprint density at radius 3 is 2.25 bits per heavy atom. The molecule has 0 aliphatic carbocycles. The van der Waals surface area contributed by atoms with Crippen LogP contribution < -0.4 is 5.73 Å². The van der Waals surface area contributed by atoms with Gasteiger partial charge in [-0.1, -0.05) is 23.7 Å². The predicted octanol–water partition coefficient (Wildman–Crippen LogP) is 2.70. The minimum absolute atomic E-state index is 0.553. The van der Waals surface area contributed by atoms with Gasteiger partial charge in [0.25, 0.3) is 0 Å². The molecule has 0 spiro atoms. The Morgan fingerprint density at radius 1 is 1.33 bits per heavy atom. The molecule has 0 heterocycles. The summed E-state index contributed by atoms with van der Waals surface area (Å²) in [7, 11) is 0. The van der Waals surface area contributed by atoms with E-state index in [1.165, 1.54) is 6.92 Å². The number of benzene rings is 1. The normalized spacial score (nSPS) is 15.7. The standard InChI is InChI=1S/C9H11ClFN/c1-6(11)9(12)7-2-4-8(10)5-3-7/h2-6,9H,12H2,1H3. The number of hydrogen-bond acceptors (Lipinski definition) is 1. The highest BCUT2D eigenvalue weighted by Crippen LogP contribution is 2.18. The third-order valence-electron chi connectivity index (χ3n) is 1.75. The van der Waals surface area contributed by atoms with Gasteiger partial charge < -0.3 is 5.73 Å². The Labute approximate surface area is 76.3 Å². The highest BCUT2D eigenvalue weighted by Gasteiger charge is 2.12. The lowest BCUT2D eigenvalue weighted by atomic mass is 10.0. The average molecular weight is 188 g/mol. The third-order valence-corrected chi connectivity index (χ3v) is 2.00. The molecule has 0 aliphatic rings. The lowest BCUT2D eigenvalue weighted by Crippen LogP contribution is -2.19. The van der Waals surface area contributed by atoms with Gasteiger partial charge in [-0.2, -0.15) is 0 Å². The molecule has 0 radical (unpaired) electrons. The fourth-order valence-electron chi connectivity index (χ4n) is 0.950. The van der Waals surface area contributed by atoms with Crippen LogP contribution in [0.2, 0.25) is 5.02 Å². The molecule has 1 rings (SSSR count). The van der Waals surface area contributed by atoms with E-state index in [9.17, 15) is 4.39 Å². The van der Waals surface area contributed by atoms with Crippen molar-refractivity contribution >= 4 is 11.6 Å². The lowest BCUT2D eigenvalue weighted by molar-refractivity contribution is 0.309. The smallest absolute Gasteiger partial charge is 0.116 e. The maximum Gasteiger partial charge on any atom is 0.116 e. The van der Waals surface area contributed by atoms with E-state index in [1.54, 1.807) is 24.3 Å². The van der Waals surface area contributed by atoms with E-state index in [-0.39, 0.29) is 0 Å². The summed E-state index contributed by atoms with van der Waals surface area (Å²) < 4.78 is 12.7. The molecule has 0 saturated heterocycles. The van der Waals surface area contributed by atoms with Gasteiger partial charge in [0.05, 0.1) is 6.04 Å². The summed E-state index contributed by atoms with van der Waals surface area (Å²) in [4.78, 5) is 0. The van der Waals surface area contributed by atoms with E-state index in [0.29, 0.717) is 5.02 Å². The minimum Gasteiger partial charge on any atom is -0.322 e. The van der Waals surface area contributed by atoms with E-state index in [0.717, 1.165) is 5.56 Å². The molecule has 1 nitrogen and oxygen atoms in total. The first-order chi connectivity index (χ1) is 5.61. The number of rotatable bonds is 2. The molecule has 12 heavy (non-hydrogen) atoms. The largest absolute Gasteiger partial charge is 0.322 e. The average Bonchev–Trinajstić information content (AvgIpc) is 2.04. The minimum atomic E-state index is -1.04. The first-order valence-electron chi connectivity index (χ1n) is 3.76. The second-order valence-corrected chi connectivity index (χ2v) is 3.19. The summed E-state index contributed by atoms with van der Waals surface area (Å²) in [5.74, 6) is 0. The molecule has 2 atom stereocenters. The Balaban J connectivity index is 2.82. The molecule has 3 heteroatoms. The van der Waals surface area contributed by atoms with Gasteiger partial charge in [0, 0.05) is 5.02 Å². The molecule has 2 N–H and O–H groups in total. The predicted molar refractivity (Wildman–Crippen MR) is 49.0 cm³/mol. The fraction of sp³-hybridized carbons (Fsp3) is 0.333. The second kappa shape index (κ2) is 3.87. The Morgan fingerprint density at radius 2 is 1.83 bits per heavy atom. The zero-order chi connectivity index (χ0) is 9.14. The van der Waals surface area contributed by atoms with Crippen LogP contribution >= 0.6 is 11.6 Å². The van der Waals surface area contributed by atoms with Gasteiger partial charge in [-0.05, 0) is 24.6 Å². The van der Waals surface area contributed by atoms with Crippen LogP contribution in [0.15, 0.2) is 24.3 Å².